The highest BCUT2D eigenvalue weighted by atomic mass is 16.5. The van der Waals surface area contributed by atoms with E-state index < -0.39 is 0 Å². The molecule has 19 heavy (non-hydrogen) atoms. The van der Waals surface area contributed by atoms with Crippen molar-refractivity contribution in [2.24, 2.45) is 0 Å². The average Bonchev–Trinajstić information content (AvgIpc) is 2.89. The Morgan fingerprint density at radius 1 is 1.47 bits per heavy atom. The Morgan fingerprint density at radius 2 is 2.32 bits per heavy atom. The number of hydrogen-bond donors (Lipinski definition) is 2. The summed E-state index contributed by atoms with van der Waals surface area (Å²) in [6.45, 7) is 6.31. The molecule has 104 valence electrons. The van der Waals surface area contributed by atoms with E-state index in [2.05, 4.69) is 17.6 Å². The monoisotopic (exact) mass is 262 g/mol. The fourth-order valence-corrected chi connectivity index (χ4v) is 2.34. The highest BCUT2D eigenvalue weighted by Gasteiger charge is 2.17. The van der Waals surface area contributed by atoms with Gasteiger partial charge in [-0.25, -0.2) is 0 Å². The summed E-state index contributed by atoms with van der Waals surface area (Å²) in [5.41, 5.74) is 2.78. The zero-order chi connectivity index (χ0) is 13.7. The number of benzene rings is 1. The quantitative estimate of drug-likeness (QED) is 0.856. The van der Waals surface area contributed by atoms with Gasteiger partial charge in [0.1, 0.15) is 0 Å². The lowest BCUT2D eigenvalue weighted by Gasteiger charge is -2.13. The molecule has 1 aromatic rings. The fourth-order valence-electron chi connectivity index (χ4n) is 2.34. The van der Waals surface area contributed by atoms with Crippen molar-refractivity contribution in [2.75, 3.05) is 25.0 Å². The first kappa shape index (κ1) is 13.9. The summed E-state index contributed by atoms with van der Waals surface area (Å²) in [4.78, 5) is 12.1. The largest absolute Gasteiger partial charge is 0.385 e. The predicted octanol–water partition coefficient (Wildman–Crippen LogP) is 2.34. The number of nitrogens with one attached hydrogen (secondary N) is 2. The Balaban J connectivity index is 1.94. The normalized spacial score (nSPS) is 18.3. The number of anilines is 1. The number of carbonyl (C=O) groups is 1. The molecule has 4 heteroatoms. The number of hydrogen-bond acceptors (Lipinski definition) is 3. The summed E-state index contributed by atoms with van der Waals surface area (Å²) in [6.07, 6.45) is 2.32. The van der Waals surface area contributed by atoms with Gasteiger partial charge >= 0.3 is 0 Å². The Bertz CT molecular complexity index is 440. The molecule has 1 atom stereocenters. The van der Waals surface area contributed by atoms with Crippen LogP contribution in [0.2, 0.25) is 0 Å². The molecule has 2 N–H and O–H groups in total. The summed E-state index contributed by atoms with van der Waals surface area (Å²) in [6, 6.07) is 5.82. The number of ether oxygens (including phenoxy) is 1. The Morgan fingerprint density at radius 3 is 2.95 bits per heavy atom. The van der Waals surface area contributed by atoms with Crippen LogP contribution in [0.25, 0.3) is 0 Å². The van der Waals surface area contributed by atoms with E-state index in [0.717, 1.165) is 42.8 Å². The van der Waals surface area contributed by atoms with Gasteiger partial charge in [0.15, 0.2) is 0 Å². The maximum Gasteiger partial charge on any atom is 0.251 e. The van der Waals surface area contributed by atoms with Gasteiger partial charge in [-0.3, -0.25) is 4.79 Å². The first-order valence-corrected chi connectivity index (χ1v) is 6.95. The van der Waals surface area contributed by atoms with Crippen LogP contribution in [0, 0.1) is 6.92 Å². The SMILES string of the molecule is CCNc1ccc(C(=O)NCC2CCCO2)c(C)c1. The molecule has 1 saturated heterocycles. The second kappa shape index (κ2) is 6.57. The summed E-state index contributed by atoms with van der Waals surface area (Å²) in [5.74, 6) is -0.0175. The van der Waals surface area contributed by atoms with Crippen molar-refractivity contribution >= 4 is 11.6 Å². The molecular formula is C15H22N2O2. The average molecular weight is 262 g/mol. The smallest absolute Gasteiger partial charge is 0.251 e. The molecule has 1 fully saturated rings. The molecule has 1 heterocycles. The molecule has 0 saturated carbocycles. The maximum absolute atomic E-state index is 12.1. The van der Waals surface area contributed by atoms with Gasteiger partial charge in [0.25, 0.3) is 5.91 Å². The van der Waals surface area contributed by atoms with E-state index in [4.69, 9.17) is 4.74 Å². The highest BCUT2D eigenvalue weighted by Crippen LogP contribution is 2.15. The molecule has 0 bridgehead atoms. The third kappa shape index (κ3) is 3.70. The van der Waals surface area contributed by atoms with Gasteiger partial charge in [-0.1, -0.05) is 0 Å². The van der Waals surface area contributed by atoms with Crippen molar-refractivity contribution in [2.45, 2.75) is 32.8 Å². The molecule has 1 unspecified atom stereocenters. The van der Waals surface area contributed by atoms with Crippen molar-refractivity contribution in [3.8, 4) is 0 Å². The Kier molecular flexibility index (Phi) is 4.80. The van der Waals surface area contributed by atoms with Crippen molar-refractivity contribution in [3.05, 3.63) is 29.3 Å². The molecule has 1 aliphatic heterocycles. The van der Waals surface area contributed by atoms with E-state index in [1.54, 1.807) is 0 Å². The van der Waals surface area contributed by atoms with E-state index in [9.17, 15) is 4.79 Å². The minimum Gasteiger partial charge on any atom is -0.385 e. The molecular weight excluding hydrogens is 240 g/mol. The van der Waals surface area contributed by atoms with Crippen LogP contribution in [0.15, 0.2) is 18.2 Å². The highest BCUT2D eigenvalue weighted by molar-refractivity contribution is 5.96. The summed E-state index contributed by atoms with van der Waals surface area (Å²) in [7, 11) is 0. The van der Waals surface area contributed by atoms with Gasteiger partial charge in [-0.2, -0.15) is 0 Å². The van der Waals surface area contributed by atoms with Gasteiger partial charge in [0, 0.05) is 30.9 Å². The standard InChI is InChI=1S/C15H22N2O2/c1-3-16-12-6-7-14(11(2)9-12)15(18)17-10-13-5-4-8-19-13/h6-7,9,13,16H,3-5,8,10H2,1-2H3,(H,17,18). The number of amides is 1. The van der Waals surface area contributed by atoms with Crippen molar-refractivity contribution in [1.29, 1.82) is 0 Å². The van der Waals surface area contributed by atoms with Crippen LogP contribution in [0.1, 0.15) is 35.7 Å². The van der Waals surface area contributed by atoms with Crippen molar-refractivity contribution in [3.63, 3.8) is 0 Å². The summed E-state index contributed by atoms with van der Waals surface area (Å²) >= 11 is 0. The molecule has 0 aliphatic carbocycles. The van der Waals surface area contributed by atoms with E-state index in [1.807, 2.05) is 25.1 Å². The molecule has 1 aliphatic rings. The molecule has 1 aromatic carbocycles. The van der Waals surface area contributed by atoms with Gasteiger partial charge in [0.2, 0.25) is 0 Å². The first-order chi connectivity index (χ1) is 9.20. The lowest BCUT2D eigenvalue weighted by Crippen LogP contribution is -2.32. The van der Waals surface area contributed by atoms with E-state index in [1.165, 1.54) is 0 Å². The van der Waals surface area contributed by atoms with E-state index in [-0.39, 0.29) is 12.0 Å². The molecule has 2 rings (SSSR count). The minimum atomic E-state index is -0.0175. The van der Waals surface area contributed by atoms with Gasteiger partial charge in [-0.05, 0) is 50.5 Å². The number of rotatable bonds is 5. The summed E-state index contributed by atoms with van der Waals surface area (Å²) < 4.78 is 5.50. The van der Waals surface area contributed by atoms with Crippen LogP contribution in [0.5, 0.6) is 0 Å². The van der Waals surface area contributed by atoms with Gasteiger partial charge < -0.3 is 15.4 Å². The lowest BCUT2D eigenvalue weighted by atomic mass is 10.1. The summed E-state index contributed by atoms with van der Waals surface area (Å²) in [5, 5.41) is 6.19. The van der Waals surface area contributed by atoms with Crippen LogP contribution in [-0.2, 0) is 4.74 Å². The van der Waals surface area contributed by atoms with Crippen LogP contribution < -0.4 is 10.6 Å². The van der Waals surface area contributed by atoms with Crippen LogP contribution in [0.4, 0.5) is 5.69 Å². The van der Waals surface area contributed by atoms with Gasteiger partial charge in [-0.15, -0.1) is 0 Å². The number of aryl methyl sites for hydroxylation is 1. The van der Waals surface area contributed by atoms with Crippen molar-refractivity contribution < 1.29 is 9.53 Å². The maximum atomic E-state index is 12.1. The van der Waals surface area contributed by atoms with E-state index in [0.29, 0.717) is 6.54 Å². The second-order valence-corrected chi connectivity index (χ2v) is 4.91. The van der Waals surface area contributed by atoms with Crippen LogP contribution in [-0.4, -0.2) is 31.7 Å². The molecule has 0 aromatic heterocycles. The molecule has 4 nitrogen and oxygen atoms in total. The number of carbonyl (C=O) groups excluding carboxylic acids is 1. The van der Waals surface area contributed by atoms with Crippen LogP contribution in [0.3, 0.4) is 0 Å². The molecule has 0 spiro atoms. The Labute approximate surface area is 114 Å². The zero-order valence-electron chi connectivity index (χ0n) is 11.7. The third-order valence-electron chi connectivity index (χ3n) is 3.37. The van der Waals surface area contributed by atoms with Crippen LogP contribution >= 0.6 is 0 Å². The Hall–Kier alpha value is -1.55. The van der Waals surface area contributed by atoms with E-state index >= 15 is 0 Å². The molecule has 0 radical (unpaired) electrons. The predicted molar refractivity (Wildman–Crippen MR) is 76.6 cm³/mol. The lowest BCUT2D eigenvalue weighted by molar-refractivity contribution is 0.0857. The third-order valence-corrected chi connectivity index (χ3v) is 3.37. The fraction of sp³-hybridized carbons (Fsp3) is 0.533. The topological polar surface area (TPSA) is 50.4 Å². The van der Waals surface area contributed by atoms with Gasteiger partial charge in [0.05, 0.1) is 6.10 Å². The second-order valence-electron chi connectivity index (χ2n) is 4.91. The molecule has 1 amide bonds. The van der Waals surface area contributed by atoms with Crippen molar-refractivity contribution in [1.82, 2.24) is 5.32 Å². The minimum absolute atomic E-state index is 0.0175. The zero-order valence-corrected chi connectivity index (χ0v) is 11.7. The first-order valence-electron chi connectivity index (χ1n) is 6.95.